The summed E-state index contributed by atoms with van der Waals surface area (Å²) in [6.07, 6.45) is 8.50. The summed E-state index contributed by atoms with van der Waals surface area (Å²) in [5, 5.41) is 7.01. The van der Waals surface area contributed by atoms with Crippen molar-refractivity contribution in [3.05, 3.63) is 41.7 Å². The molecule has 0 spiro atoms. The second-order valence-electron chi connectivity index (χ2n) is 8.63. The van der Waals surface area contributed by atoms with E-state index in [2.05, 4.69) is 27.3 Å². The standard InChI is InChI=1S/C24H34N8/c1-3-31-16-10-15-21(31)17-26-22-28-23(27-19-11-6-4-7-12-19)30-24(29-22)32(18-25-2)20-13-8-5-9-14-20/h5,8-9,13-14,19,21H,3-4,6-7,10-12,15-18H2,1H3,(H2,26,27,28,29,30)/t21-/m0/s1. The molecule has 2 N–H and O–H groups in total. The van der Waals surface area contributed by atoms with Crippen LogP contribution >= 0.6 is 0 Å². The van der Waals surface area contributed by atoms with Crippen LogP contribution in [0.2, 0.25) is 0 Å². The molecule has 8 nitrogen and oxygen atoms in total. The molecule has 0 radical (unpaired) electrons. The molecule has 1 aromatic carbocycles. The number of benzene rings is 1. The van der Waals surface area contributed by atoms with Gasteiger partial charge in [-0.2, -0.15) is 15.0 Å². The Balaban J connectivity index is 1.59. The van der Waals surface area contributed by atoms with Gasteiger partial charge < -0.3 is 10.6 Å². The first-order chi connectivity index (χ1) is 15.8. The fourth-order valence-electron chi connectivity index (χ4n) is 4.75. The fraction of sp³-hybridized carbons (Fsp3) is 0.583. The van der Waals surface area contributed by atoms with Crippen LogP contribution < -0.4 is 15.5 Å². The quantitative estimate of drug-likeness (QED) is 0.562. The lowest BCUT2D eigenvalue weighted by Gasteiger charge is -2.25. The molecule has 4 rings (SSSR count). The first-order valence-electron chi connectivity index (χ1n) is 11.9. The molecule has 2 fully saturated rings. The Labute approximate surface area is 191 Å². The molecule has 1 saturated heterocycles. The summed E-state index contributed by atoms with van der Waals surface area (Å²) in [6.45, 7) is 12.9. The van der Waals surface area contributed by atoms with Gasteiger partial charge in [-0.1, -0.05) is 44.4 Å². The molecule has 1 aromatic heterocycles. The van der Waals surface area contributed by atoms with Crippen LogP contribution in [-0.2, 0) is 0 Å². The normalized spacial score (nSPS) is 19.4. The maximum absolute atomic E-state index is 7.46. The van der Waals surface area contributed by atoms with Crippen LogP contribution in [0.5, 0.6) is 0 Å². The zero-order chi connectivity index (χ0) is 22.2. The lowest BCUT2D eigenvalue weighted by Crippen LogP contribution is -2.35. The zero-order valence-electron chi connectivity index (χ0n) is 19.0. The van der Waals surface area contributed by atoms with Crippen molar-refractivity contribution in [2.75, 3.05) is 41.8 Å². The molecule has 1 aliphatic carbocycles. The molecule has 2 heterocycles. The van der Waals surface area contributed by atoms with Gasteiger partial charge in [0.1, 0.15) is 0 Å². The summed E-state index contributed by atoms with van der Waals surface area (Å²) >= 11 is 0. The summed E-state index contributed by atoms with van der Waals surface area (Å²) in [6, 6.07) is 10.8. The Morgan fingerprint density at radius 3 is 2.56 bits per heavy atom. The Kier molecular flexibility index (Phi) is 7.73. The second-order valence-corrected chi connectivity index (χ2v) is 8.63. The topological polar surface area (TPSA) is 73.6 Å². The van der Waals surface area contributed by atoms with Gasteiger partial charge >= 0.3 is 0 Å². The van der Waals surface area contributed by atoms with Crippen molar-refractivity contribution >= 4 is 23.5 Å². The molecular weight excluding hydrogens is 400 g/mol. The van der Waals surface area contributed by atoms with Crippen molar-refractivity contribution in [3.8, 4) is 0 Å². The number of hydrogen-bond donors (Lipinski definition) is 2. The Morgan fingerprint density at radius 1 is 1.03 bits per heavy atom. The number of hydrogen-bond acceptors (Lipinski definition) is 7. The summed E-state index contributed by atoms with van der Waals surface area (Å²) in [5.41, 5.74) is 0.900. The molecule has 1 saturated carbocycles. The summed E-state index contributed by atoms with van der Waals surface area (Å²) in [7, 11) is 0. The maximum atomic E-state index is 7.46. The third-order valence-electron chi connectivity index (χ3n) is 6.48. The smallest absolute Gasteiger partial charge is 0.295 e. The molecule has 1 atom stereocenters. The predicted molar refractivity (Wildman–Crippen MR) is 129 cm³/mol. The van der Waals surface area contributed by atoms with E-state index < -0.39 is 0 Å². The molecular formula is C24H34N8. The highest BCUT2D eigenvalue weighted by atomic mass is 15.4. The van der Waals surface area contributed by atoms with Gasteiger partial charge in [-0.05, 0) is 50.9 Å². The van der Waals surface area contributed by atoms with Crippen LogP contribution in [0.1, 0.15) is 51.9 Å². The van der Waals surface area contributed by atoms with E-state index >= 15 is 0 Å². The van der Waals surface area contributed by atoms with Crippen LogP contribution in [0, 0.1) is 6.57 Å². The van der Waals surface area contributed by atoms with E-state index in [-0.39, 0.29) is 6.67 Å². The average Bonchev–Trinajstić information content (AvgIpc) is 3.30. The highest BCUT2D eigenvalue weighted by Gasteiger charge is 2.24. The molecule has 0 unspecified atom stereocenters. The molecule has 32 heavy (non-hydrogen) atoms. The van der Waals surface area contributed by atoms with E-state index in [1.165, 1.54) is 32.1 Å². The zero-order valence-corrected chi connectivity index (χ0v) is 19.0. The Morgan fingerprint density at radius 2 is 1.81 bits per heavy atom. The number of likely N-dealkylation sites (N-methyl/N-ethyl adjacent to an activating group) is 1. The minimum absolute atomic E-state index is 0.155. The van der Waals surface area contributed by atoms with Crippen LogP contribution in [-0.4, -0.2) is 58.2 Å². The van der Waals surface area contributed by atoms with E-state index in [9.17, 15) is 0 Å². The van der Waals surface area contributed by atoms with Crippen molar-refractivity contribution in [2.45, 2.75) is 64.0 Å². The van der Waals surface area contributed by atoms with E-state index in [1.54, 1.807) is 0 Å². The van der Waals surface area contributed by atoms with Gasteiger partial charge in [-0.3, -0.25) is 9.74 Å². The van der Waals surface area contributed by atoms with Crippen molar-refractivity contribution < 1.29 is 0 Å². The predicted octanol–water partition coefficient (Wildman–Crippen LogP) is 4.53. The van der Waals surface area contributed by atoms with Gasteiger partial charge in [0, 0.05) is 18.6 Å². The van der Waals surface area contributed by atoms with E-state index in [1.807, 2.05) is 35.2 Å². The van der Waals surface area contributed by atoms with Gasteiger partial charge in [0.25, 0.3) is 6.67 Å². The van der Waals surface area contributed by atoms with Crippen LogP contribution in [0.4, 0.5) is 23.5 Å². The van der Waals surface area contributed by atoms with Gasteiger partial charge in [0.15, 0.2) is 0 Å². The van der Waals surface area contributed by atoms with Crippen LogP contribution in [0.25, 0.3) is 4.85 Å². The molecule has 2 aromatic rings. The van der Waals surface area contributed by atoms with Crippen LogP contribution in [0.15, 0.2) is 30.3 Å². The number of nitrogens with zero attached hydrogens (tertiary/aromatic N) is 6. The van der Waals surface area contributed by atoms with E-state index in [0.29, 0.717) is 29.9 Å². The first-order valence-corrected chi connectivity index (χ1v) is 11.9. The highest BCUT2D eigenvalue weighted by molar-refractivity contribution is 5.59. The second kappa shape index (κ2) is 11.1. The van der Waals surface area contributed by atoms with Crippen LogP contribution in [0.3, 0.4) is 0 Å². The van der Waals surface area contributed by atoms with Crippen molar-refractivity contribution in [3.63, 3.8) is 0 Å². The number of aromatic nitrogens is 3. The summed E-state index contributed by atoms with van der Waals surface area (Å²) in [4.78, 5) is 22.1. The van der Waals surface area contributed by atoms with Crippen molar-refractivity contribution in [1.29, 1.82) is 0 Å². The molecule has 170 valence electrons. The van der Waals surface area contributed by atoms with E-state index in [0.717, 1.165) is 38.2 Å². The third kappa shape index (κ3) is 5.65. The lowest BCUT2D eigenvalue weighted by atomic mass is 9.96. The third-order valence-corrected chi connectivity index (χ3v) is 6.48. The number of likely N-dealkylation sites (tertiary alicyclic amines) is 1. The van der Waals surface area contributed by atoms with Gasteiger partial charge in [-0.15, -0.1) is 0 Å². The molecule has 2 aliphatic rings. The number of rotatable bonds is 9. The molecule has 1 aliphatic heterocycles. The van der Waals surface area contributed by atoms with Gasteiger partial charge in [0.2, 0.25) is 17.8 Å². The Bertz CT molecular complexity index is 891. The number of nitrogens with one attached hydrogen (secondary N) is 2. The number of anilines is 4. The largest absolute Gasteiger partial charge is 0.352 e. The highest BCUT2D eigenvalue weighted by Crippen LogP contribution is 2.26. The maximum Gasteiger partial charge on any atom is 0.295 e. The van der Waals surface area contributed by atoms with E-state index in [4.69, 9.17) is 21.5 Å². The van der Waals surface area contributed by atoms with Crippen molar-refractivity contribution in [2.24, 2.45) is 0 Å². The fourth-order valence-corrected chi connectivity index (χ4v) is 4.75. The lowest BCUT2D eigenvalue weighted by molar-refractivity contribution is 0.277. The minimum Gasteiger partial charge on any atom is -0.352 e. The van der Waals surface area contributed by atoms with Crippen molar-refractivity contribution in [1.82, 2.24) is 19.9 Å². The SMILES string of the molecule is [C-]#[N+]CN(c1ccccc1)c1nc(NC[C@@H]2CCCN2CC)nc(NC2CCCCC2)n1. The first kappa shape index (κ1) is 22.3. The van der Waals surface area contributed by atoms with Gasteiger partial charge in [-0.25, -0.2) is 11.5 Å². The molecule has 0 amide bonds. The summed E-state index contributed by atoms with van der Waals surface area (Å²) in [5.74, 6) is 1.66. The monoisotopic (exact) mass is 434 g/mol. The van der Waals surface area contributed by atoms with Gasteiger partial charge in [0.05, 0.1) is 5.69 Å². The number of para-hydroxylation sites is 1. The molecule has 8 heteroatoms. The molecule has 0 bridgehead atoms. The average molecular weight is 435 g/mol. The Hall–Kier alpha value is -2.92. The summed E-state index contributed by atoms with van der Waals surface area (Å²) < 4.78 is 0. The minimum atomic E-state index is 0.155.